The topological polar surface area (TPSA) is 60.2 Å². The quantitative estimate of drug-likeness (QED) is 0.808. The molecule has 5 heteroatoms. The van der Waals surface area contributed by atoms with Crippen molar-refractivity contribution in [3.8, 4) is 17.1 Å². The molecule has 0 amide bonds. The highest BCUT2D eigenvalue weighted by atomic mass is 16.5. The van der Waals surface area contributed by atoms with E-state index in [1.165, 1.54) is 0 Å². The Bertz CT molecular complexity index is 537. The summed E-state index contributed by atoms with van der Waals surface area (Å²) in [7, 11) is 3.57. The van der Waals surface area contributed by atoms with Crippen molar-refractivity contribution in [2.45, 2.75) is 19.8 Å². The van der Waals surface area contributed by atoms with Crippen molar-refractivity contribution < 1.29 is 9.26 Å². The first kappa shape index (κ1) is 13.5. The Balaban J connectivity index is 2.18. The second-order valence-electron chi connectivity index (χ2n) is 4.42. The van der Waals surface area contributed by atoms with Crippen molar-refractivity contribution in [3.63, 3.8) is 0 Å². The zero-order chi connectivity index (χ0) is 13.7. The zero-order valence-electron chi connectivity index (χ0n) is 11.6. The van der Waals surface area contributed by atoms with E-state index in [2.05, 4.69) is 15.5 Å². The van der Waals surface area contributed by atoms with Crippen LogP contribution in [0.5, 0.6) is 5.75 Å². The van der Waals surface area contributed by atoms with E-state index in [4.69, 9.17) is 9.26 Å². The molecule has 1 aromatic heterocycles. The Kier molecular flexibility index (Phi) is 4.52. The van der Waals surface area contributed by atoms with E-state index in [9.17, 15) is 0 Å². The third kappa shape index (κ3) is 3.32. The normalized spacial score (nSPS) is 10.7. The second kappa shape index (κ2) is 6.33. The number of methoxy groups -OCH3 is 1. The first-order chi connectivity index (χ1) is 9.24. The van der Waals surface area contributed by atoms with Gasteiger partial charge in [0.05, 0.1) is 12.7 Å². The van der Waals surface area contributed by atoms with E-state index in [-0.39, 0.29) is 0 Å². The molecule has 0 fully saturated rings. The Morgan fingerprint density at radius 1 is 1.37 bits per heavy atom. The number of benzene rings is 1. The summed E-state index contributed by atoms with van der Waals surface area (Å²) in [5, 5.41) is 7.11. The van der Waals surface area contributed by atoms with Crippen LogP contribution in [0.15, 0.2) is 22.7 Å². The van der Waals surface area contributed by atoms with Crippen molar-refractivity contribution in [2.24, 2.45) is 0 Å². The van der Waals surface area contributed by atoms with Crippen LogP contribution < -0.4 is 10.1 Å². The van der Waals surface area contributed by atoms with Crippen LogP contribution in [0.2, 0.25) is 0 Å². The number of hydrogen-bond acceptors (Lipinski definition) is 5. The molecule has 0 atom stereocenters. The highest BCUT2D eigenvalue weighted by Crippen LogP contribution is 2.28. The molecular formula is C14H19N3O2. The van der Waals surface area contributed by atoms with Gasteiger partial charge in [0.2, 0.25) is 11.7 Å². The van der Waals surface area contributed by atoms with Crippen LogP contribution in [0.25, 0.3) is 11.4 Å². The number of hydrogen-bond donors (Lipinski definition) is 1. The van der Waals surface area contributed by atoms with Crippen LogP contribution in [-0.2, 0) is 6.42 Å². The molecule has 1 N–H and O–H groups in total. The Hall–Kier alpha value is -1.88. The van der Waals surface area contributed by atoms with E-state index in [0.717, 1.165) is 36.3 Å². The third-order valence-electron chi connectivity index (χ3n) is 2.88. The van der Waals surface area contributed by atoms with Crippen LogP contribution in [0.1, 0.15) is 17.9 Å². The van der Waals surface area contributed by atoms with Crippen molar-refractivity contribution in [1.29, 1.82) is 0 Å². The summed E-state index contributed by atoms with van der Waals surface area (Å²) in [6.07, 6.45) is 1.76. The fourth-order valence-electron chi connectivity index (χ4n) is 1.87. The van der Waals surface area contributed by atoms with Gasteiger partial charge in [0.25, 0.3) is 0 Å². The van der Waals surface area contributed by atoms with Crippen molar-refractivity contribution >= 4 is 0 Å². The van der Waals surface area contributed by atoms with Gasteiger partial charge in [-0.05, 0) is 44.6 Å². The van der Waals surface area contributed by atoms with E-state index in [1.54, 1.807) is 7.11 Å². The summed E-state index contributed by atoms with van der Waals surface area (Å²) >= 11 is 0. The predicted octanol–water partition coefficient (Wildman–Crippen LogP) is 2.21. The zero-order valence-corrected chi connectivity index (χ0v) is 11.6. The number of aryl methyl sites for hydroxylation is 2. The number of nitrogens with one attached hydrogen (secondary N) is 1. The van der Waals surface area contributed by atoms with E-state index >= 15 is 0 Å². The summed E-state index contributed by atoms with van der Waals surface area (Å²) in [5.41, 5.74) is 2.00. The third-order valence-corrected chi connectivity index (χ3v) is 2.88. The molecule has 102 valence electrons. The minimum absolute atomic E-state index is 0.580. The van der Waals surface area contributed by atoms with E-state index in [1.807, 2.05) is 32.2 Å². The standard InChI is InChI=1S/C14H19N3O2/c1-10-6-7-11(12(9-10)18-3)14-16-13(19-17-14)5-4-8-15-2/h6-7,9,15H,4-5,8H2,1-3H3. The number of aromatic nitrogens is 2. The van der Waals surface area contributed by atoms with Crippen molar-refractivity contribution in [1.82, 2.24) is 15.5 Å². The lowest BCUT2D eigenvalue weighted by Crippen LogP contribution is -2.08. The smallest absolute Gasteiger partial charge is 0.227 e. The summed E-state index contributed by atoms with van der Waals surface area (Å²) in [4.78, 5) is 4.41. The van der Waals surface area contributed by atoms with Gasteiger partial charge in [-0.1, -0.05) is 11.2 Å². The molecule has 0 saturated heterocycles. The maximum atomic E-state index is 5.36. The van der Waals surface area contributed by atoms with Crippen LogP contribution >= 0.6 is 0 Å². The minimum Gasteiger partial charge on any atom is -0.496 e. The van der Waals surface area contributed by atoms with Crippen LogP contribution in [0.3, 0.4) is 0 Å². The van der Waals surface area contributed by atoms with Gasteiger partial charge in [-0.15, -0.1) is 0 Å². The highest BCUT2D eigenvalue weighted by Gasteiger charge is 2.13. The van der Waals surface area contributed by atoms with Gasteiger partial charge in [0.1, 0.15) is 5.75 Å². The molecule has 0 aliphatic carbocycles. The molecule has 0 unspecified atom stereocenters. The second-order valence-corrected chi connectivity index (χ2v) is 4.42. The Morgan fingerprint density at radius 3 is 2.95 bits per heavy atom. The van der Waals surface area contributed by atoms with Crippen LogP contribution in [-0.4, -0.2) is 30.8 Å². The van der Waals surface area contributed by atoms with Gasteiger partial charge in [-0.3, -0.25) is 0 Å². The Labute approximate surface area is 113 Å². The average Bonchev–Trinajstić information content (AvgIpc) is 2.87. The lowest BCUT2D eigenvalue weighted by Gasteiger charge is -2.05. The highest BCUT2D eigenvalue weighted by molar-refractivity contribution is 5.64. The van der Waals surface area contributed by atoms with Gasteiger partial charge in [0, 0.05) is 6.42 Å². The Morgan fingerprint density at radius 2 is 2.21 bits per heavy atom. The molecule has 0 spiro atoms. The van der Waals surface area contributed by atoms with Crippen molar-refractivity contribution in [2.75, 3.05) is 20.7 Å². The molecule has 2 rings (SSSR count). The number of nitrogens with zero attached hydrogens (tertiary/aromatic N) is 2. The molecule has 1 aromatic carbocycles. The maximum Gasteiger partial charge on any atom is 0.227 e. The van der Waals surface area contributed by atoms with Gasteiger partial charge in [-0.25, -0.2) is 0 Å². The summed E-state index contributed by atoms with van der Waals surface area (Å²) in [6.45, 7) is 2.96. The van der Waals surface area contributed by atoms with Crippen molar-refractivity contribution in [3.05, 3.63) is 29.7 Å². The van der Waals surface area contributed by atoms with Gasteiger partial charge in [-0.2, -0.15) is 4.98 Å². The summed E-state index contributed by atoms with van der Waals surface area (Å²) in [6, 6.07) is 5.93. The SMILES string of the molecule is CNCCCc1nc(-c2ccc(C)cc2OC)no1. The first-order valence-corrected chi connectivity index (χ1v) is 6.37. The van der Waals surface area contributed by atoms with E-state index < -0.39 is 0 Å². The van der Waals surface area contributed by atoms with Gasteiger partial charge < -0.3 is 14.6 Å². The molecule has 1 heterocycles. The molecule has 5 nitrogen and oxygen atoms in total. The molecule has 0 bridgehead atoms. The molecule has 0 aliphatic heterocycles. The molecular weight excluding hydrogens is 242 g/mol. The molecule has 0 saturated carbocycles. The van der Waals surface area contributed by atoms with Crippen LogP contribution in [0.4, 0.5) is 0 Å². The minimum atomic E-state index is 0.580. The first-order valence-electron chi connectivity index (χ1n) is 6.37. The van der Waals surface area contributed by atoms with E-state index in [0.29, 0.717) is 11.7 Å². The molecule has 0 radical (unpaired) electrons. The predicted molar refractivity (Wildman–Crippen MR) is 73.3 cm³/mol. The molecule has 0 aliphatic rings. The summed E-state index contributed by atoms with van der Waals surface area (Å²) in [5.74, 6) is 2.01. The lowest BCUT2D eigenvalue weighted by molar-refractivity contribution is 0.375. The monoisotopic (exact) mass is 261 g/mol. The molecule has 19 heavy (non-hydrogen) atoms. The number of rotatable bonds is 6. The maximum absolute atomic E-state index is 5.36. The fourth-order valence-corrected chi connectivity index (χ4v) is 1.87. The fraction of sp³-hybridized carbons (Fsp3) is 0.429. The lowest BCUT2D eigenvalue weighted by atomic mass is 10.1. The molecule has 2 aromatic rings. The summed E-state index contributed by atoms with van der Waals surface area (Å²) < 4.78 is 10.6. The average molecular weight is 261 g/mol. The largest absolute Gasteiger partial charge is 0.496 e. The van der Waals surface area contributed by atoms with Gasteiger partial charge >= 0.3 is 0 Å². The van der Waals surface area contributed by atoms with Crippen LogP contribution in [0, 0.1) is 6.92 Å². The number of ether oxygens (including phenoxy) is 1. The van der Waals surface area contributed by atoms with Gasteiger partial charge in [0.15, 0.2) is 0 Å².